The lowest BCUT2D eigenvalue weighted by atomic mass is 10.0. The highest BCUT2D eigenvalue weighted by Crippen LogP contribution is 2.19. The molecule has 0 aliphatic carbocycles. The van der Waals surface area contributed by atoms with Gasteiger partial charge in [0.1, 0.15) is 0 Å². The molecule has 98 valence electrons. The van der Waals surface area contributed by atoms with E-state index in [2.05, 4.69) is 0 Å². The predicted octanol–water partition coefficient (Wildman–Crippen LogP) is 2.35. The van der Waals surface area contributed by atoms with E-state index in [1.807, 2.05) is 20.8 Å². The minimum atomic E-state index is -0.334. The Morgan fingerprint density at radius 3 is 2.00 bits per heavy atom. The van der Waals surface area contributed by atoms with Crippen molar-refractivity contribution in [3.05, 3.63) is 11.3 Å². The molecule has 1 amide bonds. The fourth-order valence-electron chi connectivity index (χ4n) is 1.85. The van der Waals surface area contributed by atoms with E-state index in [1.54, 1.807) is 18.7 Å². The third-order valence-corrected chi connectivity index (χ3v) is 2.56. The minimum absolute atomic E-state index is 0.0300. The molecule has 0 rings (SSSR count). The smallest absolute Gasteiger partial charge is 0.336 e. The molecule has 17 heavy (non-hydrogen) atoms. The van der Waals surface area contributed by atoms with E-state index in [0.717, 1.165) is 0 Å². The lowest BCUT2D eigenvalue weighted by molar-refractivity contribution is -0.139. The van der Waals surface area contributed by atoms with Crippen LogP contribution in [0.1, 0.15) is 41.5 Å². The summed E-state index contributed by atoms with van der Waals surface area (Å²) in [6.45, 7) is 11.7. The van der Waals surface area contributed by atoms with Crippen LogP contribution in [-0.4, -0.2) is 29.9 Å². The summed E-state index contributed by atoms with van der Waals surface area (Å²) >= 11 is 0. The number of allylic oxidation sites excluding steroid dienone is 1. The molecular weight excluding hydrogens is 218 g/mol. The molecule has 0 aromatic rings. The number of hydrogen-bond donors (Lipinski definition) is 0. The van der Waals surface area contributed by atoms with E-state index in [1.165, 1.54) is 6.92 Å². The fourth-order valence-corrected chi connectivity index (χ4v) is 1.85. The van der Waals surface area contributed by atoms with Gasteiger partial charge in [-0.1, -0.05) is 13.8 Å². The monoisotopic (exact) mass is 241 g/mol. The number of esters is 1. The van der Waals surface area contributed by atoms with Gasteiger partial charge in [-0.05, 0) is 26.7 Å². The summed E-state index contributed by atoms with van der Waals surface area (Å²) in [4.78, 5) is 24.9. The number of carbonyl (C=O) groups is 2. The van der Waals surface area contributed by atoms with Crippen molar-refractivity contribution in [1.29, 1.82) is 0 Å². The normalized spacial score (nSPS) is 12.2. The lowest BCUT2D eigenvalue weighted by Gasteiger charge is -2.24. The first-order valence-corrected chi connectivity index (χ1v) is 6.02. The van der Waals surface area contributed by atoms with E-state index < -0.39 is 0 Å². The second-order valence-electron chi connectivity index (χ2n) is 4.14. The molecule has 4 heteroatoms. The zero-order valence-electron chi connectivity index (χ0n) is 11.7. The van der Waals surface area contributed by atoms with Gasteiger partial charge in [-0.2, -0.15) is 0 Å². The second-order valence-corrected chi connectivity index (χ2v) is 4.14. The van der Waals surface area contributed by atoms with Crippen LogP contribution < -0.4 is 0 Å². The third-order valence-electron chi connectivity index (χ3n) is 2.56. The number of rotatable bonds is 5. The predicted molar refractivity (Wildman–Crippen MR) is 67.2 cm³/mol. The number of nitrogens with zero attached hydrogens (tertiary/aromatic N) is 1. The topological polar surface area (TPSA) is 46.6 Å². The first kappa shape index (κ1) is 15.7. The Morgan fingerprint density at radius 2 is 1.71 bits per heavy atom. The zero-order chi connectivity index (χ0) is 13.6. The molecular formula is C13H23NO3. The van der Waals surface area contributed by atoms with E-state index in [9.17, 15) is 9.59 Å². The Bertz CT molecular complexity index is 319. The quantitative estimate of drug-likeness (QED) is 0.548. The molecule has 0 N–H and O–H groups in total. The lowest BCUT2D eigenvalue weighted by Crippen LogP contribution is -2.30. The summed E-state index contributed by atoms with van der Waals surface area (Å²) in [5.74, 6) is -0.366. The average molecular weight is 241 g/mol. The number of carbonyl (C=O) groups excluding carboxylic acids is 2. The van der Waals surface area contributed by atoms with Gasteiger partial charge in [0.15, 0.2) is 0 Å². The van der Waals surface area contributed by atoms with Gasteiger partial charge in [0, 0.05) is 19.2 Å². The molecule has 0 saturated carbocycles. The molecule has 0 aromatic heterocycles. The zero-order valence-corrected chi connectivity index (χ0v) is 11.7. The second kappa shape index (κ2) is 7.09. The van der Waals surface area contributed by atoms with Crippen molar-refractivity contribution >= 4 is 11.9 Å². The van der Waals surface area contributed by atoms with Crippen LogP contribution in [-0.2, 0) is 14.3 Å². The largest absolute Gasteiger partial charge is 0.463 e. The number of ether oxygens (including phenoxy) is 1. The van der Waals surface area contributed by atoms with Crippen molar-refractivity contribution in [2.45, 2.75) is 41.5 Å². The van der Waals surface area contributed by atoms with Gasteiger partial charge < -0.3 is 9.64 Å². The summed E-state index contributed by atoms with van der Waals surface area (Å²) in [5, 5.41) is 0. The van der Waals surface area contributed by atoms with Gasteiger partial charge in [0.05, 0.1) is 12.2 Å². The Labute approximate surface area is 104 Å². The Balaban J connectivity index is 5.38. The van der Waals surface area contributed by atoms with Crippen LogP contribution in [0.3, 0.4) is 0 Å². The summed E-state index contributed by atoms with van der Waals surface area (Å²) in [6.07, 6.45) is 0. The number of hydrogen-bond acceptors (Lipinski definition) is 3. The Hall–Kier alpha value is -1.32. The van der Waals surface area contributed by atoms with Crippen LogP contribution in [0.4, 0.5) is 0 Å². The Morgan fingerprint density at radius 1 is 1.18 bits per heavy atom. The van der Waals surface area contributed by atoms with Crippen molar-refractivity contribution in [3.8, 4) is 0 Å². The maximum atomic E-state index is 11.9. The van der Waals surface area contributed by atoms with Crippen molar-refractivity contribution in [2.24, 2.45) is 5.92 Å². The highest BCUT2D eigenvalue weighted by Gasteiger charge is 2.22. The van der Waals surface area contributed by atoms with Crippen molar-refractivity contribution in [3.63, 3.8) is 0 Å². The maximum absolute atomic E-state index is 11.9. The van der Waals surface area contributed by atoms with E-state index in [0.29, 0.717) is 24.4 Å². The molecule has 0 atom stereocenters. The average Bonchev–Trinajstić information content (AvgIpc) is 2.17. The molecule has 0 unspecified atom stereocenters. The molecule has 0 saturated heterocycles. The molecule has 0 heterocycles. The van der Waals surface area contributed by atoms with Gasteiger partial charge in [-0.25, -0.2) is 4.79 Å². The van der Waals surface area contributed by atoms with Gasteiger partial charge in [0.2, 0.25) is 5.91 Å². The SMILES string of the molecule is CCOC(=O)/C(=C(/C)N(CC)C(C)=O)C(C)C. The summed E-state index contributed by atoms with van der Waals surface area (Å²) in [5.41, 5.74) is 1.26. The van der Waals surface area contributed by atoms with Gasteiger partial charge in [0.25, 0.3) is 0 Å². The molecule has 0 aliphatic rings. The third kappa shape index (κ3) is 4.21. The minimum Gasteiger partial charge on any atom is -0.463 e. The molecule has 4 nitrogen and oxygen atoms in total. The van der Waals surface area contributed by atoms with Crippen molar-refractivity contribution in [1.82, 2.24) is 4.90 Å². The maximum Gasteiger partial charge on any atom is 0.336 e. The summed E-state index contributed by atoms with van der Waals surface area (Å²) in [6, 6.07) is 0. The molecule has 0 spiro atoms. The van der Waals surface area contributed by atoms with Crippen LogP contribution in [0.25, 0.3) is 0 Å². The van der Waals surface area contributed by atoms with Crippen LogP contribution >= 0.6 is 0 Å². The highest BCUT2D eigenvalue weighted by atomic mass is 16.5. The molecule has 0 aliphatic heterocycles. The van der Waals surface area contributed by atoms with Crippen LogP contribution in [0.2, 0.25) is 0 Å². The van der Waals surface area contributed by atoms with E-state index in [-0.39, 0.29) is 17.8 Å². The van der Waals surface area contributed by atoms with E-state index in [4.69, 9.17) is 4.74 Å². The first-order chi connectivity index (χ1) is 7.86. The van der Waals surface area contributed by atoms with Gasteiger partial charge >= 0.3 is 5.97 Å². The van der Waals surface area contributed by atoms with Gasteiger partial charge in [-0.15, -0.1) is 0 Å². The van der Waals surface area contributed by atoms with Crippen LogP contribution in [0.5, 0.6) is 0 Å². The molecule has 0 radical (unpaired) electrons. The van der Waals surface area contributed by atoms with Gasteiger partial charge in [-0.3, -0.25) is 4.79 Å². The summed E-state index contributed by atoms with van der Waals surface area (Å²) in [7, 11) is 0. The molecule has 0 bridgehead atoms. The Kier molecular flexibility index (Phi) is 6.54. The van der Waals surface area contributed by atoms with Crippen LogP contribution in [0, 0.1) is 5.92 Å². The standard InChI is InChI=1S/C13H23NO3/c1-7-14(11(6)15)10(5)12(9(3)4)13(16)17-8-2/h9H,7-8H2,1-6H3/b12-10-. The first-order valence-electron chi connectivity index (χ1n) is 6.02. The van der Waals surface area contributed by atoms with Crippen molar-refractivity contribution < 1.29 is 14.3 Å². The highest BCUT2D eigenvalue weighted by molar-refractivity contribution is 5.90. The number of amides is 1. The molecule has 0 fully saturated rings. The fraction of sp³-hybridized carbons (Fsp3) is 0.692. The molecule has 0 aromatic carbocycles. The van der Waals surface area contributed by atoms with Crippen molar-refractivity contribution in [2.75, 3.05) is 13.2 Å². The summed E-state index contributed by atoms with van der Waals surface area (Å²) < 4.78 is 5.03. The van der Waals surface area contributed by atoms with Crippen LogP contribution in [0.15, 0.2) is 11.3 Å². The van der Waals surface area contributed by atoms with E-state index >= 15 is 0 Å².